The number of hydrogen-bond donors (Lipinski definition) is 1. The Kier molecular flexibility index (Phi) is 5.73. The van der Waals surface area contributed by atoms with Crippen molar-refractivity contribution in [1.82, 2.24) is 0 Å². The van der Waals surface area contributed by atoms with E-state index in [-0.39, 0.29) is 23.9 Å². The molecular weight excluding hydrogens is 296 g/mol. The maximum Gasteiger partial charge on any atom is 0.340 e. The van der Waals surface area contributed by atoms with Crippen LogP contribution in [-0.2, 0) is 4.74 Å². The number of benzene rings is 1. The number of nitro groups is 1. The number of ether oxygens (including phenoxy) is 1. The second-order valence-electron chi connectivity index (χ2n) is 5.89. The molecule has 1 aromatic carbocycles. The molecule has 2 atom stereocenters. The number of anilines is 1. The maximum absolute atomic E-state index is 12.2. The van der Waals surface area contributed by atoms with Crippen LogP contribution in [0.15, 0.2) is 30.9 Å². The van der Waals surface area contributed by atoms with Gasteiger partial charge in [-0.1, -0.05) is 32.4 Å². The van der Waals surface area contributed by atoms with Crippen molar-refractivity contribution in [2.75, 3.05) is 11.9 Å². The fourth-order valence-electron chi connectivity index (χ4n) is 2.88. The molecule has 0 bridgehead atoms. The van der Waals surface area contributed by atoms with Gasteiger partial charge in [0.15, 0.2) is 0 Å². The molecular formula is C17H22N2O4. The first-order valence-electron chi connectivity index (χ1n) is 7.86. The van der Waals surface area contributed by atoms with E-state index in [1.165, 1.54) is 24.6 Å². The van der Waals surface area contributed by atoms with E-state index in [0.717, 1.165) is 19.3 Å². The van der Waals surface area contributed by atoms with Crippen LogP contribution in [0.2, 0.25) is 0 Å². The standard InChI is InChI=1S/C17H22N2O4/c1-3-10-23-17(20)14-11-13(19(21)22)8-9-16(14)18-15-7-5-4-6-12(15)2/h3,8-9,11-12,15,18H,1,4-7,10H2,2H3/t12-,15-/m1/s1. The van der Waals surface area contributed by atoms with Crippen molar-refractivity contribution in [2.24, 2.45) is 5.92 Å². The first kappa shape index (κ1) is 17.0. The van der Waals surface area contributed by atoms with Gasteiger partial charge < -0.3 is 10.1 Å². The Labute approximate surface area is 135 Å². The van der Waals surface area contributed by atoms with Gasteiger partial charge in [-0.3, -0.25) is 10.1 Å². The van der Waals surface area contributed by atoms with Crippen LogP contribution in [0.1, 0.15) is 43.0 Å². The van der Waals surface area contributed by atoms with E-state index in [1.807, 2.05) is 0 Å². The van der Waals surface area contributed by atoms with E-state index in [2.05, 4.69) is 18.8 Å². The van der Waals surface area contributed by atoms with Gasteiger partial charge in [-0.2, -0.15) is 0 Å². The molecule has 0 saturated heterocycles. The maximum atomic E-state index is 12.2. The Hall–Kier alpha value is -2.37. The van der Waals surface area contributed by atoms with Crippen LogP contribution < -0.4 is 5.32 Å². The number of hydrogen-bond acceptors (Lipinski definition) is 5. The number of esters is 1. The number of carbonyl (C=O) groups is 1. The summed E-state index contributed by atoms with van der Waals surface area (Å²) in [5.74, 6) is -0.0875. The van der Waals surface area contributed by atoms with Crippen molar-refractivity contribution < 1.29 is 14.5 Å². The minimum Gasteiger partial charge on any atom is -0.458 e. The summed E-state index contributed by atoms with van der Waals surface area (Å²) in [7, 11) is 0. The third-order valence-electron chi connectivity index (χ3n) is 4.22. The van der Waals surface area contributed by atoms with E-state index in [1.54, 1.807) is 6.07 Å². The lowest BCUT2D eigenvalue weighted by molar-refractivity contribution is -0.384. The number of rotatable bonds is 6. The predicted octanol–water partition coefficient (Wildman–Crippen LogP) is 3.93. The topological polar surface area (TPSA) is 81.5 Å². The number of nitrogens with one attached hydrogen (secondary N) is 1. The molecule has 0 amide bonds. The summed E-state index contributed by atoms with van der Waals surface area (Å²) >= 11 is 0. The molecule has 0 radical (unpaired) electrons. The molecule has 2 rings (SSSR count). The average molecular weight is 318 g/mol. The third-order valence-corrected chi connectivity index (χ3v) is 4.22. The zero-order chi connectivity index (χ0) is 16.8. The molecule has 0 unspecified atom stereocenters. The van der Waals surface area contributed by atoms with Gasteiger partial charge in [0.1, 0.15) is 6.61 Å². The minimum atomic E-state index is -0.584. The van der Waals surface area contributed by atoms with Crippen LogP contribution in [0.25, 0.3) is 0 Å². The van der Waals surface area contributed by atoms with E-state index >= 15 is 0 Å². The van der Waals surface area contributed by atoms with Crippen LogP contribution in [0.4, 0.5) is 11.4 Å². The highest BCUT2D eigenvalue weighted by molar-refractivity contribution is 5.96. The lowest BCUT2D eigenvalue weighted by atomic mass is 9.85. The Balaban J connectivity index is 2.27. The molecule has 1 aliphatic rings. The van der Waals surface area contributed by atoms with Crippen molar-refractivity contribution in [1.29, 1.82) is 0 Å². The summed E-state index contributed by atoms with van der Waals surface area (Å²) in [5.41, 5.74) is 0.653. The smallest absolute Gasteiger partial charge is 0.340 e. The summed E-state index contributed by atoms with van der Waals surface area (Å²) in [6, 6.07) is 4.52. The minimum absolute atomic E-state index is 0.0702. The Morgan fingerprint density at radius 2 is 2.22 bits per heavy atom. The molecule has 1 aliphatic carbocycles. The first-order valence-corrected chi connectivity index (χ1v) is 7.86. The van der Waals surface area contributed by atoms with Crippen LogP contribution in [-0.4, -0.2) is 23.5 Å². The van der Waals surface area contributed by atoms with Crippen molar-refractivity contribution in [3.05, 3.63) is 46.5 Å². The van der Waals surface area contributed by atoms with Gasteiger partial charge in [-0.05, 0) is 24.8 Å². The molecule has 0 aromatic heterocycles. The van der Waals surface area contributed by atoms with Gasteiger partial charge in [0.05, 0.1) is 10.5 Å². The molecule has 1 aromatic rings. The Morgan fingerprint density at radius 3 is 2.87 bits per heavy atom. The molecule has 1 N–H and O–H groups in total. The zero-order valence-corrected chi connectivity index (χ0v) is 13.3. The highest BCUT2D eigenvalue weighted by atomic mass is 16.6. The molecule has 6 nitrogen and oxygen atoms in total. The lowest BCUT2D eigenvalue weighted by Gasteiger charge is -2.30. The zero-order valence-electron chi connectivity index (χ0n) is 13.3. The summed E-state index contributed by atoms with van der Waals surface area (Å²) in [5, 5.41) is 14.3. The number of non-ortho nitro benzene ring substituents is 1. The van der Waals surface area contributed by atoms with Gasteiger partial charge in [0, 0.05) is 23.9 Å². The lowest BCUT2D eigenvalue weighted by Crippen LogP contribution is -2.31. The molecule has 6 heteroatoms. The predicted molar refractivity (Wildman–Crippen MR) is 88.6 cm³/mol. The van der Waals surface area contributed by atoms with Crippen LogP contribution >= 0.6 is 0 Å². The molecule has 124 valence electrons. The quantitative estimate of drug-likeness (QED) is 0.372. The molecule has 0 spiro atoms. The normalized spacial score (nSPS) is 20.6. The molecule has 23 heavy (non-hydrogen) atoms. The molecule has 0 heterocycles. The van der Waals surface area contributed by atoms with Crippen molar-refractivity contribution >= 4 is 17.3 Å². The highest BCUT2D eigenvalue weighted by Crippen LogP contribution is 2.30. The first-order chi connectivity index (χ1) is 11.0. The second kappa shape index (κ2) is 7.76. The number of carbonyl (C=O) groups excluding carboxylic acids is 1. The van der Waals surface area contributed by atoms with E-state index < -0.39 is 10.9 Å². The second-order valence-corrected chi connectivity index (χ2v) is 5.89. The monoisotopic (exact) mass is 318 g/mol. The van der Waals surface area contributed by atoms with E-state index in [4.69, 9.17) is 4.74 Å². The van der Waals surface area contributed by atoms with Gasteiger partial charge in [-0.15, -0.1) is 0 Å². The van der Waals surface area contributed by atoms with E-state index in [0.29, 0.717) is 11.6 Å². The van der Waals surface area contributed by atoms with Gasteiger partial charge >= 0.3 is 5.97 Å². The molecule has 1 fully saturated rings. The third kappa shape index (κ3) is 4.31. The fourth-order valence-corrected chi connectivity index (χ4v) is 2.88. The summed E-state index contributed by atoms with van der Waals surface area (Å²) in [6.45, 7) is 5.75. The average Bonchev–Trinajstić information content (AvgIpc) is 2.54. The number of nitro benzene ring substituents is 1. The summed E-state index contributed by atoms with van der Waals surface area (Å²) < 4.78 is 5.05. The molecule has 0 aliphatic heterocycles. The van der Waals surface area contributed by atoms with Gasteiger partial charge in [0.2, 0.25) is 0 Å². The van der Waals surface area contributed by atoms with Crippen LogP contribution in [0.3, 0.4) is 0 Å². The van der Waals surface area contributed by atoms with Crippen molar-refractivity contribution in [3.63, 3.8) is 0 Å². The van der Waals surface area contributed by atoms with Crippen LogP contribution in [0.5, 0.6) is 0 Å². The largest absolute Gasteiger partial charge is 0.458 e. The van der Waals surface area contributed by atoms with Gasteiger partial charge in [-0.25, -0.2) is 4.79 Å². The van der Waals surface area contributed by atoms with Crippen molar-refractivity contribution in [3.8, 4) is 0 Å². The van der Waals surface area contributed by atoms with Crippen LogP contribution in [0, 0.1) is 16.0 Å². The Morgan fingerprint density at radius 1 is 1.48 bits per heavy atom. The highest BCUT2D eigenvalue weighted by Gasteiger charge is 2.24. The molecule has 1 saturated carbocycles. The van der Waals surface area contributed by atoms with Gasteiger partial charge in [0.25, 0.3) is 5.69 Å². The summed E-state index contributed by atoms with van der Waals surface area (Å²) in [6.07, 6.45) is 5.99. The SMILES string of the molecule is C=CCOC(=O)c1cc([N+](=O)[O-])ccc1N[C@@H]1CCCC[C@H]1C. The summed E-state index contributed by atoms with van der Waals surface area (Å²) in [4.78, 5) is 22.6. The fraction of sp³-hybridized carbons (Fsp3) is 0.471. The van der Waals surface area contributed by atoms with Crippen molar-refractivity contribution in [2.45, 2.75) is 38.6 Å². The van der Waals surface area contributed by atoms with E-state index in [9.17, 15) is 14.9 Å². The number of nitrogens with zero attached hydrogens (tertiary/aromatic N) is 1. The Bertz CT molecular complexity index is 600.